The van der Waals surface area contributed by atoms with Crippen LogP contribution in [0.1, 0.15) is 23.7 Å². The number of hydrogen-bond acceptors (Lipinski definition) is 3. The fraction of sp³-hybridized carbons (Fsp3) is 0.417. The number of carbonyl (C=O) groups excluding carboxylic acids is 1. The van der Waals surface area contributed by atoms with E-state index in [1.165, 1.54) is 18.2 Å². The van der Waals surface area contributed by atoms with E-state index in [0.29, 0.717) is 18.0 Å². The second-order valence-electron chi connectivity index (χ2n) is 4.10. The van der Waals surface area contributed by atoms with Crippen LogP contribution in [0, 0.1) is 16.0 Å². The van der Waals surface area contributed by atoms with Crippen LogP contribution >= 0.6 is 11.6 Å². The van der Waals surface area contributed by atoms with Crippen LogP contribution in [0.15, 0.2) is 24.3 Å². The highest BCUT2D eigenvalue weighted by Crippen LogP contribution is 2.13. The van der Waals surface area contributed by atoms with Gasteiger partial charge < -0.3 is 5.32 Å². The molecule has 1 rings (SSSR count). The highest BCUT2D eigenvalue weighted by Gasteiger charge is 2.11. The van der Waals surface area contributed by atoms with E-state index >= 15 is 0 Å². The van der Waals surface area contributed by atoms with Crippen molar-refractivity contribution in [3.8, 4) is 0 Å². The molecule has 5 nitrogen and oxygen atoms in total. The van der Waals surface area contributed by atoms with Gasteiger partial charge in [-0.3, -0.25) is 14.9 Å². The number of non-ortho nitro benzene ring substituents is 1. The van der Waals surface area contributed by atoms with E-state index in [-0.39, 0.29) is 17.5 Å². The highest BCUT2D eigenvalue weighted by atomic mass is 35.5. The summed E-state index contributed by atoms with van der Waals surface area (Å²) < 4.78 is 0. The SMILES string of the molecule is CC(CCCl)CNC(=O)c1cccc([N+](=O)[O-])c1. The van der Waals surface area contributed by atoms with Crippen molar-refractivity contribution >= 4 is 23.2 Å². The number of carbonyl (C=O) groups is 1. The Kier molecular flexibility index (Phi) is 5.58. The summed E-state index contributed by atoms with van der Waals surface area (Å²) in [4.78, 5) is 21.8. The monoisotopic (exact) mass is 270 g/mol. The van der Waals surface area contributed by atoms with E-state index < -0.39 is 4.92 Å². The van der Waals surface area contributed by atoms with Crippen molar-refractivity contribution in [2.45, 2.75) is 13.3 Å². The first-order valence-electron chi connectivity index (χ1n) is 5.63. The van der Waals surface area contributed by atoms with E-state index in [0.717, 1.165) is 6.42 Å². The van der Waals surface area contributed by atoms with Gasteiger partial charge in [-0.15, -0.1) is 11.6 Å². The minimum Gasteiger partial charge on any atom is -0.352 e. The Hall–Kier alpha value is -1.62. The number of alkyl halides is 1. The average molecular weight is 271 g/mol. The molecule has 98 valence electrons. The predicted octanol–water partition coefficient (Wildman–Crippen LogP) is 2.59. The summed E-state index contributed by atoms with van der Waals surface area (Å²) >= 11 is 5.60. The third kappa shape index (κ3) is 4.33. The van der Waals surface area contributed by atoms with Gasteiger partial charge in [0.1, 0.15) is 0 Å². The molecule has 1 atom stereocenters. The van der Waals surface area contributed by atoms with Crippen LogP contribution in [0.4, 0.5) is 5.69 Å². The molecule has 1 aromatic carbocycles. The van der Waals surface area contributed by atoms with Gasteiger partial charge in [0, 0.05) is 30.1 Å². The Bertz CT molecular complexity index is 437. The van der Waals surface area contributed by atoms with Gasteiger partial charge in [-0.2, -0.15) is 0 Å². The number of rotatable bonds is 6. The molecule has 0 aliphatic carbocycles. The molecule has 0 spiro atoms. The van der Waals surface area contributed by atoms with Crippen molar-refractivity contribution < 1.29 is 9.72 Å². The second kappa shape index (κ2) is 6.96. The summed E-state index contributed by atoms with van der Waals surface area (Å²) in [5, 5.41) is 13.3. The molecule has 1 N–H and O–H groups in total. The van der Waals surface area contributed by atoms with Crippen LogP contribution in [0.5, 0.6) is 0 Å². The number of nitrogens with one attached hydrogen (secondary N) is 1. The van der Waals surface area contributed by atoms with Crippen LogP contribution in [0.25, 0.3) is 0 Å². The van der Waals surface area contributed by atoms with E-state index in [4.69, 9.17) is 11.6 Å². The first-order chi connectivity index (χ1) is 8.54. The lowest BCUT2D eigenvalue weighted by Gasteiger charge is -2.10. The Balaban J connectivity index is 2.61. The summed E-state index contributed by atoms with van der Waals surface area (Å²) in [7, 11) is 0. The molecule has 18 heavy (non-hydrogen) atoms. The molecule has 0 heterocycles. The maximum absolute atomic E-state index is 11.8. The number of nitrogens with zero attached hydrogens (tertiary/aromatic N) is 1. The number of nitro benzene ring substituents is 1. The molecule has 0 radical (unpaired) electrons. The number of benzene rings is 1. The lowest BCUT2D eigenvalue weighted by molar-refractivity contribution is -0.384. The molecule has 0 saturated heterocycles. The van der Waals surface area contributed by atoms with Crippen molar-refractivity contribution in [3.63, 3.8) is 0 Å². The predicted molar refractivity (Wildman–Crippen MR) is 69.9 cm³/mol. The Labute approximate surface area is 110 Å². The zero-order valence-corrected chi connectivity index (χ0v) is 10.8. The third-order valence-electron chi connectivity index (χ3n) is 2.53. The molecule has 6 heteroatoms. The van der Waals surface area contributed by atoms with Crippen molar-refractivity contribution in [3.05, 3.63) is 39.9 Å². The minimum atomic E-state index is -0.521. The third-order valence-corrected chi connectivity index (χ3v) is 2.75. The second-order valence-corrected chi connectivity index (χ2v) is 4.48. The van der Waals surface area contributed by atoms with Crippen molar-refractivity contribution in [1.29, 1.82) is 0 Å². The van der Waals surface area contributed by atoms with E-state index in [1.807, 2.05) is 6.92 Å². The van der Waals surface area contributed by atoms with Gasteiger partial charge in [0.15, 0.2) is 0 Å². The lowest BCUT2D eigenvalue weighted by atomic mass is 10.1. The largest absolute Gasteiger partial charge is 0.352 e. The molecule has 0 aromatic heterocycles. The van der Waals surface area contributed by atoms with Crippen molar-refractivity contribution in [2.75, 3.05) is 12.4 Å². The summed E-state index contributed by atoms with van der Waals surface area (Å²) in [6.45, 7) is 2.49. The van der Waals surface area contributed by atoms with Gasteiger partial charge in [0.25, 0.3) is 11.6 Å². The summed E-state index contributed by atoms with van der Waals surface area (Å²) in [6, 6.07) is 5.66. The zero-order chi connectivity index (χ0) is 13.5. The minimum absolute atomic E-state index is 0.0866. The summed E-state index contributed by atoms with van der Waals surface area (Å²) in [5.74, 6) is 0.527. The zero-order valence-electron chi connectivity index (χ0n) is 10.1. The average Bonchev–Trinajstić information content (AvgIpc) is 2.36. The topological polar surface area (TPSA) is 72.2 Å². The van der Waals surface area contributed by atoms with Crippen molar-refractivity contribution in [2.24, 2.45) is 5.92 Å². The quantitative estimate of drug-likeness (QED) is 0.491. The Morgan fingerprint density at radius 1 is 1.56 bits per heavy atom. The first kappa shape index (κ1) is 14.4. The van der Waals surface area contributed by atoms with Crippen LogP contribution in [0.3, 0.4) is 0 Å². The summed E-state index contributed by atoms with van der Waals surface area (Å²) in [6.07, 6.45) is 0.816. The van der Waals surface area contributed by atoms with Gasteiger partial charge in [-0.05, 0) is 18.4 Å². The number of halogens is 1. The first-order valence-corrected chi connectivity index (χ1v) is 6.16. The van der Waals surface area contributed by atoms with Gasteiger partial charge in [0.05, 0.1) is 4.92 Å². The molecular weight excluding hydrogens is 256 g/mol. The van der Waals surface area contributed by atoms with Crippen LogP contribution in [0.2, 0.25) is 0 Å². The molecule has 1 aromatic rings. The molecular formula is C12H15ClN2O3. The lowest BCUT2D eigenvalue weighted by Crippen LogP contribution is -2.28. The standard InChI is InChI=1S/C12H15ClN2O3/c1-9(5-6-13)8-14-12(16)10-3-2-4-11(7-10)15(17)18/h2-4,7,9H,5-6,8H2,1H3,(H,14,16). The van der Waals surface area contributed by atoms with Crippen LogP contribution < -0.4 is 5.32 Å². The molecule has 0 aliphatic rings. The summed E-state index contributed by atoms with van der Waals surface area (Å²) in [5.41, 5.74) is 0.207. The Morgan fingerprint density at radius 3 is 2.89 bits per heavy atom. The highest BCUT2D eigenvalue weighted by molar-refractivity contribution is 6.17. The smallest absolute Gasteiger partial charge is 0.270 e. The van der Waals surface area contributed by atoms with E-state index in [1.54, 1.807) is 6.07 Å². The Morgan fingerprint density at radius 2 is 2.28 bits per heavy atom. The van der Waals surface area contributed by atoms with Crippen molar-refractivity contribution in [1.82, 2.24) is 5.32 Å². The van der Waals surface area contributed by atoms with Gasteiger partial charge >= 0.3 is 0 Å². The van der Waals surface area contributed by atoms with Crippen LogP contribution in [-0.2, 0) is 0 Å². The fourth-order valence-electron chi connectivity index (χ4n) is 1.42. The molecule has 1 unspecified atom stereocenters. The molecule has 1 amide bonds. The van der Waals surface area contributed by atoms with Gasteiger partial charge in [-0.1, -0.05) is 13.0 Å². The fourth-order valence-corrected chi connectivity index (χ4v) is 1.79. The number of amides is 1. The maximum Gasteiger partial charge on any atom is 0.270 e. The van der Waals surface area contributed by atoms with Crippen LogP contribution in [-0.4, -0.2) is 23.3 Å². The van der Waals surface area contributed by atoms with E-state index in [9.17, 15) is 14.9 Å². The van der Waals surface area contributed by atoms with E-state index in [2.05, 4.69) is 5.32 Å². The normalized spacial score (nSPS) is 11.9. The van der Waals surface area contributed by atoms with Gasteiger partial charge in [0.2, 0.25) is 0 Å². The molecule has 0 saturated carbocycles. The molecule has 0 fully saturated rings. The number of hydrogen-bond donors (Lipinski definition) is 1. The van der Waals surface area contributed by atoms with Gasteiger partial charge in [-0.25, -0.2) is 0 Å². The maximum atomic E-state index is 11.8. The number of nitro groups is 1. The molecule has 0 aliphatic heterocycles. The molecule has 0 bridgehead atoms.